The maximum atomic E-state index is 13.6. The van der Waals surface area contributed by atoms with Crippen LogP contribution in [0.15, 0.2) is 12.1 Å². The Hall–Kier alpha value is -1.40. The zero-order chi connectivity index (χ0) is 14.9. The first kappa shape index (κ1) is 15.0. The van der Waals surface area contributed by atoms with Crippen LogP contribution in [0, 0.1) is 17.5 Å². The molecule has 1 unspecified atom stereocenters. The number of Topliss-reactive ketones (excluding diaryl/α,β-unsaturated/α-hetero) is 1. The third kappa shape index (κ3) is 3.02. The van der Waals surface area contributed by atoms with E-state index in [0.717, 1.165) is 25.2 Å². The van der Waals surface area contributed by atoms with Gasteiger partial charge < -0.3 is 9.80 Å². The molecule has 6 heteroatoms. The fourth-order valence-corrected chi connectivity index (χ4v) is 2.39. The molecule has 2 rings (SSSR count). The van der Waals surface area contributed by atoms with Crippen LogP contribution in [0.4, 0.5) is 13.2 Å². The maximum Gasteiger partial charge on any atom is 0.195 e. The van der Waals surface area contributed by atoms with Crippen LogP contribution in [0.5, 0.6) is 0 Å². The van der Waals surface area contributed by atoms with Crippen LogP contribution in [-0.2, 0) is 0 Å². The van der Waals surface area contributed by atoms with Gasteiger partial charge in [-0.25, -0.2) is 13.2 Å². The summed E-state index contributed by atoms with van der Waals surface area (Å²) in [6, 6.07) is 1.74. The van der Waals surface area contributed by atoms with Crippen molar-refractivity contribution in [3.8, 4) is 0 Å². The largest absolute Gasteiger partial charge is 0.304 e. The lowest BCUT2D eigenvalue weighted by molar-refractivity contribution is 0.0806. The predicted octanol–water partition coefficient (Wildman–Crippen LogP) is 1.92. The van der Waals surface area contributed by atoms with Crippen molar-refractivity contribution >= 4 is 5.78 Å². The second-order valence-electron chi connectivity index (χ2n) is 5.25. The van der Waals surface area contributed by atoms with E-state index in [1.54, 1.807) is 0 Å². The minimum Gasteiger partial charge on any atom is -0.304 e. The van der Waals surface area contributed by atoms with E-state index in [1.807, 2.05) is 19.0 Å². The summed E-state index contributed by atoms with van der Waals surface area (Å²) in [4.78, 5) is 16.2. The number of benzene rings is 1. The third-order valence-electron chi connectivity index (χ3n) is 3.74. The fourth-order valence-electron chi connectivity index (χ4n) is 2.39. The summed E-state index contributed by atoms with van der Waals surface area (Å²) in [7, 11) is 3.84. The Morgan fingerprint density at radius 2 is 1.90 bits per heavy atom. The van der Waals surface area contributed by atoms with Crippen molar-refractivity contribution in [2.24, 2.45) is 0 Å². The Morgan fingerprint density at radius 3 is 2.60 bits per heavy atom. The van der Waals surface area contributed by atoms with E-state index in [-0.39, 0.29) is 18.0 Å². The van der Waals surface area contributed by atoms with Gasteiger partial charge in [0.25, 0.3) is 0 Å². The summed E-state index contributed by atoms with van der Waals surface area (Å²) >= 11 is 0. The average Bonchev–Trinajstić information content (AvgIpc) is 2.40. The molecule has 1 heterocycles. The number of rotatable bonds is 3. The first-order valence-corrected chi connectivity index (χ1v) is 6.45. The Bertz CT molecular complexity index is 521. The molecule has 0 spiro atoms. The number of halogens is 3. The molecule has 1 aromatic rings. The van der Waals surface area contributed by atoms with Gasteiger partial charge in [0.2, 0.25) is 0 Å². The molecule has 3 nitrogen and oxygen atoms in total. The topological polar surface area (TPSA) is 23.6 Å². The second-order valence-corrected chi connectivity index (χ2v) is 5.25. The van der Waals surface area contributed by atoms with Crippen molar-refractivity contribution in [2.45, 2.75) is 12.5 Å². The molecular weight excluding hydrogens is 269 g/mol. The molecule has 0 bridgehead atoms. The summed E-state index contributed by atoms with van der Waals surface area (Å²) < 4.78 is 39.6. The highest BCUT2D eigenvalue weighted by atomic mass is 19.2. The van der Waals surface area contributed by atoms with Gasteiger partial charge >= 0.3 is 0 Å². The molecule has 110 valence electrons. The molecule has 0 N–H and O–H groups in total. The lowest BCUT2D eigenvalue weighted by Crippen LogP contribution is -2.50. The smallest absolute Gasteiger partial charge is 0.195 e. The zero-order valence-electron chi connectivity index (χ0n) is 11.5. The Kier molecular flexibility index (Phi) is 4.45. The first-order valence-electron chi connectivity index (χ1n) is 6.45. The first-order chi connectivity index (χ1) is 9.40. The standard InChI is InChI=1S/C14H17F3N2O/c1-18-5-6-19(2)9(8-18)7-12(20)10-3-4-11(15)14(17)13(10)16/h3-4,9H,5-8H2,1-2H3. The van der Waals surface area contributed by atoms with Crippen molar-refractivity contribution in [1.29, 1.82) is 0 Å². The molecule has 0 aromatic heterocycles. The number of likely N-dealkylation sites (N-methyl/N-ethyl adjacent to an activating group) is 2. The lowest BCUT2D eigenvalue weighted by atomic mass is 10.0. The Labute approximate surface area is 116 Å². The molecule has 1 aromatic carbocycles. The highest BCUT2D eigenvalue weighted by Gasteiger charge is 2.27. The van der Waals surface area contributed by atoms with E-state index in [0.29, 0.717) is 6.54 Å². The molecular formula is C14H17F3N2O. The van der Waals surface area contributed by atoms with Gasteiger partial charge in [-0.2, -0.15) is 0 Å². The summed E-state index contributed by atoms with van der Waals surface area (Å²) in [6.07, 6.45) is 0.0861. The van der Waals surface area contributed by atoms with Gasteiger partial charge in [-0.1, -0.05) is 0 Å². The monoisotopic (exact) mass is 286 g/mol. The van der Waals surface area contributed by atoms with Gasteiger partial charge in [-0.05, 0) is 26.2 Å². The van der Waals surface area contributed by atoms with Gasteiger partial charge in [0.05, 0.1) is 5.56 Å². The van der Waals surface area contributed by atoms with Crippen molar-refractivity contribution < 1.29 is 18.0 Å². The molecule has 0 radical (unpaired) electrons. The van der Waals surface area contributed by atoms with Crippen molar-refractivity contribution in [3.05, 3.63) is 35.1 Å². The molecule has 20 heavy (non-hydrogen) atoms. The second kappa shape index (κ2) is 5.93. The Morgan fingerprint density at radius 1 is 1.20 bits per heavy atom. The molecule has 1 aliphatic heterocycles. The summed E-state index contributed by atoms with van der Waals surface area (Å²) in [5, 5.41) is 0. The minimum absolute atomic E-state index is 0.0474. The van der Waals surface area contributed by atoms with Crippen molar-refractivity contribution in [3.63, 3.8) is 0 Å². The summed E-state index contributed by atoms with van der Waals surface area (Å²) in [6.45, 7) is 2.41. The molecule has 0 saturated carbocycles. The van der Waals surface area contributed by atoms with Crippen LogP contribution in [0.1, 0.15) is 16.8 Å². The molecule has 1 saturated heterocycles. The number of hydrogen-bond acceptors (Lipinski definition) is 3. The van der Waals surface area contributed by atoms with E-state index in [2.05, 4.69) is 4.90 Å². The van der Waals surface area contributed by atoms with Crippen molar-refractivity contribution in [2.75, 3.05) is 33.7 Å². The number of ketones is 1. The van der Waals surface area contributed by atoms with E-state index in [1.165, 1.54) is 0 Å². The number of hydrogen-bond donors (Lipinski definition) is 0. The van der Waals surface area contributed by atoms with Crippen LogP contribution >= 0.6 is 0 Å². The maximum absolute atomic E-state index is 13.6. The normalized spacial score (nSPS) is 21.1. The van der Waals surface area contributed by atoms with Crippen LogP contribution in [0.25, 0.3) is 0 Å². The quantitative estimate of drug-likeness (QED) is 0.626. The SMILES string of the molecule is CN1CCN(C)C(CC(=O)c2ccc(F)c(F)c2F)C1. The Balaban J connectivity index is 2.14. The molecule has 1 aliphatic rings. The zero-order valence-corrected chi connectivity index (χ0v) is 11.5. The molecule has 1 fully saturated rings. The number of piperazine rings is 1. The molecule has 0 amide bonds. The van der Waals surface area contributed by atoms with Gasteiger partial charge in [0, 0.05) is 32.1 Å². The third-order valence-corrected chi connectivity index (χ3v) is 3.74. The highest BCUT2D eigenvalue weighted by molar-refractivity contribution is 5.96. The lowest BCUT2D eigenvalue weighted by Gasteiger charge is -2.37. The van der Waals surface area contributed by atoms with Crippen LogP contribution in [-0.4, -0.2) is 55.4 Å². The van der Waals surface area contributed by atoms with Crippen molar-refractivity contribution in [1.82, 2.24) is 9.80 Å². The van der Waals surface area contributed by atoms with Gasteiger partial charge in [0.15, 0.2) is 23.2 Å². The van der Waals surface area contributed by atoms with Crippen LogP contribution in [0.3, 0.4) is 0 Å². The number of nitrogens with zero attached hydrogens (tertiary/aromatic N) is 2. The van der Waals surface area contributed by atoms with Gasteiger partial charge in [-0.15, -0.1) is 0 Å². The average molecular weight is 286 g/mol. The van der Waals surface area contributed by atoms with E-state index >= 15 is 0 Å². The van der Waals surface area contributed by atoms with E-state index in [4.69, 9.17) is 0 Å². The predicted molar refractivity (Wildman–Crippen MR) is 69.2 cm³/mol. The van der Waals surface area contributed by atoms with E-state index < -0.39 is 23.2 Å². The minimum atomic E-state index is -1.59. The van der Waals surface area contributed by atoms with Gasteiger partial charge in [-0.3, -0.25) is 4.79 Å². The molecule has 1 atom stereocenters. The summed E-state index contributed by atoms with van der Waals surface area (Å²) in [5.74, 6) is -4.78. The molecule has 0 aliphatic carbocycles. The van der Waals surface area contributed by atoms with Crippen LogP contribution < -0.4 is 0 Å². The number of carbonyl (C=O) groups is 1. The number of carbonyl (C=O) groups excluding carboxylic acids is 1. The van der Waals surface area contributed by atoms with Gasteiger partial charge in [0.1, 0.15) is 0 Å². The van der Waals surface area contributed by atoms with Crippen LogP contribution in [0.2, 0.25) is 0 Å². The summed E-state index contributed by atoms with van der Waals surface area (Å²) in [5.41, 5.74) is -0.384. The highest BCUT2D eigenvalue weighted by Crippen LogP contribution is 2.19. The van der Waals surface area contributed by atoms with E-state index in [9.17, 15) is 18.0 Å². The fraction of sp³-hybridized carbons (Fsp3) is 0.500.